The molecule has 2 aromatic carbocycles. The Morgan fingerprint density at radius 3 is 1.51 bits per heavy atom. The van der Waals surface area contributed by atoms with Crippen LogP contribution in [0.3, 0.4) is 0 Å². The maximum atomic E-state index is 13.0. The number of carbonyl (C=O) groups excluding carboxylic acids is 2. The van der Waals surface area contributed by atoms with Crippen molar-refractivity contribution in [2.45, 2.75) is 24.6 Å². The van der Waals surface area contributed by atoms with Crippen molar-refractivity contribution in [2.24, 2.45) is 4.99 Å². The molecule has 4 heterocycles. The number of isocyanates is 1. The van der Waals surface area contributed by atoms with E-state index in [1.54, 1.807) is 12.3 Å². The Labute approximate surface area is 492 Å². The molecule has 2 aliphatic heterocycles. The summed E-state index contributed by atoms with van der Waals surface area (Å²) in [5, 5.41) is 42.7. The van der Waals surface area contributed by atoms with Crippen LogP contribution in [0.1, 0.15) is 34.5 Å². The maximum absolute atomic E-state index is 13.0. The average molecular weight is 2060 g/mol. The number of aliphatic hydroxyl groups excluding tert-OH is 4. The number of aromatic nitrogens is 2. The summed E-state index contributed by atoms with van der Waals surface area (Å²) >= 11 is 23.3. The Kier molecular flexibility index (Phi) is 36.2. The van der Waals surface area contributed by atoms with Gasteiger partial charge in [0.15, 0.2) is 0 Å². The first-order chi connectivity index (χ1) is 29.3. The molecule has 0 bridgehead atoms. The van der Waals surface area contributed by atoms with E-state index in [1.165, 1.54) is 29.3 Å². The van der Waals surface area contributed by atoms with E-state index in [-0.39, 0.29) is 144 Å². The van der Waals surface area contributed by atoms with Gasteiger partial charge in [-0.2, -0.15) is 31.3 Å². The van der Waals surface area contributed by atoms with Crippen molar-refractivity contribution in [1.82, 2.24) is 20.2 Å². The third-order valence-electron chi connectivity index (χ3n) is 9.04. The minimum atomic E-state index is -4.63. The number of nitrogens with zero attached hydrogens (tertiary/aromatic N) is 6. The molecule has 0 unspecified atom stereocenters. The summed E-state index contributed by atoms with van der Waals surface area (Å²) in [6.45, 7) is 4.18. The predicted molar refractivity (Wildman–Crippen MR) is 221 cm³/mol. The van der Waals surface area contributed by atoms with E-state index < -0.39 is 58.4 Å². The fourth-order valence-corrected chi connectivity index (χ4v) is 6.84. The Hall–Kier alpha value is -0.340. The van der Waals surface area contributed by atoms with E-state index in [0.717, 1.165) is 56.3 Å². The number of anilines is 3. The molecule has 0 aliphatic carbocycles. The first-order valence-corrected chi connectivity index (χ1v) is 19.7. The van der Waals surface area contributed by atoms with Gasteiger partial charge >= 0.3 is 18.4 Å². The zero-order valence-corrected chi connectivity index (χ0v) is 55.1. The number of aliphatic hydroxyl groups is 4. The Morgan fingerprint density at radius 2 is 1.10 bits per heavy atom. The summed E-state index contributed by atoms with van der Waals surface area (Å²) in [5.74, 6) is 1.21. The van der Waals surface area contributed by atoms with Crippen LogP contribution in [-0.2, 0) is 144 Å². The second-order valence-electron chi connectivity index (χ2n) is 13.2. The van der Waals surface area contributed by atoms with Crippen molar-refractivity contribution in [3.63, 3.8) is 0 Å². The van der Waals surface area contributed by atoms with Gasteiger partial charge in [0.1, 0.15) is 23.8 Å². The number of hydrogen-bond donors (Lipinski definition) is 6. The average Bonchev–Trinajstić information content (AvgIpc) is 3.24. The molecule has 6 N–H and O–H groups in total. The molecule has 14 nitrogen and oxygen atoms in total. The quantitative estimate of drug-likeness (QED) is 0.0592. The van der Waals surface area contributed by atoms with Gasteiger partial charge in [-0.3, -0.25) is 0 Å². The number of hydrogen-bond acceptors (Lipinski definition) is 12. The summed E-state index contributed by atoms with van der Waals surface area (Å²) in [6, 6.07) is 8.74. The Bertz CT molecular complexity index is 2220. The smallest absolute Gasteiger partial charge is 0.393 e. The summed E-state index contributed by atoms with van der Waals surface area (Å²) < 4.78 is 75.7. The summed E-state index contributed by atoms with van der Waals surface area (Å²) in [6.07, 6.45) is -7.05. The summed E-state index contributed by atoms with van der Waals surface area (Å²) in [7, 11) is 0. The standard InChI is InChI=1S/C19H19Cl2F3N4O3.C11H16ClN3O2.C8H3ClF3NO.6W/c20-14-2-1-12(8-13(14)19(22,23)24)26-18(31)28-5-3-27(4-6-28)17-15(21)7-11(9-25-17)16(30)10-29;12-9-5-8(10(17)7-16)6-14-11(9)15-3-1-13-2-4-15;9-7-2-1-5(13-4-14)3-6(7)8(10,11)12;;;;;;/h1-2,7-9,16,29-30H,3-6,10H2,(H,26,31);5-6,10,13,16-17H,1-4,7H2;1-3H;;;;;;/t16-;10-;;;;;;;/m11......./s1. The van der Waals surface area contributed by atoms with Crippen molar-refractivity contribution in [2.75, 3.05) is 80.7 Å². The number of pyridine rings is 2. The monoisotopic (exact) mass is 2060 g/mol. The Morgan fingerprint density at radius 1 is 0.676 bits per heavy atom. The molecule has 30 heteroatoms. The zero-order chi connectivity index (χ0) is 45.8. The number of piperazine rings is 2. The van der Waals surface area contributed by atoms with Crippen molar-refractivity contribution in [1.29, 1.82) is 0 Å². The van der Waals surface area contributed by atoms with Crippen molar-refractivity contribution >= 4 is 81.5 Å². The van der Waals surface area contributed by atoms with E-state index >= 15 is 0 Å². The number of urea groups is 1. The van der Waals surface area contributed by atoms with E-state index in [1.807, 2.05) is 4.90 Å². The SMILES string of the molecule is O=C(Nc1ccc(Cl)c(C(F)(F)F)c1)N1CCN(c2ncc([C@H](O)CO)cc2Cl)CC1.O=C=Nc1ccc(Cl)c(C(F)(F)F)c1.OC[C@@H](O)c1cnc(N2CCNCC2)c(Cl)c1.[W].[W].[W].[W].[W].[W]. The maximum Gasteiger partial charge on any atom is 0.417 e. The molecule has 2 saturated heterocycles. The minimum Gasteiger partial charge on any atom is -0.393 e. The van der Waals surface area contributed by atoms with Crippen LogP contribution in [0.15, 0.2) is 65.9 Å². The van der Waals surface area contributed by atoms with Crippen molar-refractivity contribution in [3.05, 3.63) is 103 Å². The van der Waals surface area contributed by atoms with Crippen molar-refractivity contribution < 1.29 is 183 Å². The number of amides is 2. The van der Waals surface area contributed by atoms with Crippen LogP contribution >= 0.6 is 46.4 Å². The van der Waals surface area contributed by atoms with E-state index in [4.69, 9.17) is 56.6 Å². The normalized spacial score (nSPS) is 13.9. The number of carbonyl (C=O) groups is 1. The molecule has 2 aliphatic rings. The molecule has 68 heavy (non-hydrogen) atoms. The molecule has 372 valence electrons. The molecular weight excluding hydrogens is 2020 g/mol. The Balaban J connectivity index is -0.000000978. The molecule has 2 fully saturated rings. The van der Waals surface area contributed by atoms with Gasteiger partial charge in [0.25, 0.3) is 0 Å². The third-order valence-corrected chi connectivity index (χ3v) is 10.3. The zero-order valence-electron chi connectivity index (χ0n) is 34.5. The molecule has 0 radical (unpaired) electrons. The number of aliphatic imine (C=N–C) groups is 1. The molecule has 6 rings (SSSR count). The second kappa shape index (κ2) is 34.2. The fraction of sp³-hybridized carbons (Fsp3) is 0.368. The third kappa shape index (κ3) is 21.6. The van der Waals surface area contributed by atoms with Gasteiger partial charge in [0.05, 0.1) is 50.1 Å². The number of alkyl halides is 6. The molecular formula is C38H38Cl4F6N8O6W6. The van der Waals surface area contributed by atoms with E-state index in [0.29, 0.717) is 59.2 Å². The van der Waals surface area contributed by atoms with Gasteiger partial charge < -0.3 is 45.8 Å². The molecule has 0 saturated carbocycles. The summed E-state index contributed by atoms with van der Waals surface area (Å²) in [4.78, 5) is 39.3. The van der Waals surface area contributed by atoms with E-state index in [2.05, 4.69) is 30.5 Å². The summed E-state index contributed by atoms with van der Waals surface area (Å²) in [5.41, 5.74) is -1.25. The number of halogens is 10. The van der Waals surface area contributed by atoms with Crippen LogP contribution in [0.5, 0.6) is 0 Å². The van der Waals surface area contributed by atoms with Crippen LogP contribution in [-0.4, -0.2) is 113 Å². The topological polar surface area (TPSA) is 187 Å². The van der Waals surface area contributed by atoms with Gasteiger partial charge in [-0.15, -0.1) is 0 Å². The van der Waals surface area contributed by atoms with Crippen LogP contribution in [0.2, 0.25) is 20.1 Å². The van der Waals surface area contributed by atoms with Gasteiger partial charge in [-0.05, 0) is 48.5 Å². The molecule has 4 aromatic rings. The second-order valence-corrected chi connectivity index (χ2v) is 14.9. The number of benzene rings is 2. The van der Waals surface area contributed by atoms with Gasteiger partial charge in [0, 0.05) is 208 Å². The molecule has 0 spiro atoms. The van der Waals surface area contributed by atoms with Gasteiger partial charge in [-0.25, -0.2) is 19.6 Å². The first-order valence-electron chi connectivity index (χ1n) is 18.2. The fourth-order valence-electron chi connectivity index (χ4n) is 5.81. The number of nitrogens with one attached hydrogen (secondary N) is 2. The van der Waals surface area contributed by atoms with Crippen LogP contribution in [0.25, 0.3) is 0 Å². The predicted octanol–water partition coefficient (Wildman–Crippen LogP) is 7.27. The molecule has 2 aromatic heterocycles. The van der Waals surface area contributed by atoms with Gasteiger partial charge in [0.2, 0.25) is 6.08 Å². The van der Waals surface area contributed by atoms with E-state index in [9.17, 15) is 46.1 Å². The largest absolute Gasteiger partial charge is 0.417 e. The first kappa shape index (κ1) is 71.9. The van der Waals surface area contributed by atoms with Crippen molar-refractivity contribution in [3.8, 4) is 0 Å². The number of rotatable bonds is 8. The van der Waals surface area contributed by atoms with Crippen LogP contribution in [0.4, 0.5) is 54.1 Å². The van der Waals surface area contributed by atoms with Crippen LogP contribution in [0, 0.1) is 0 Å². The van der Waals surface area contributed by atoms with Gasteiger partial charge in [-0.1, -0.05) is 46.4 Å². The molecule has 2 amide bonds. The van der Waals surface area contributed by atoms with Crippen LogP contribution < -0.4 is 20.4 Å². The molecule has 2 atom stereocenters. The minimum absolute atomic E-state index is 0.